The minimum atomic E-state index is -2.95. The van der Waals surface area contributed by atoms with Gasteiger partial charge in [0.05, 0.1) is 34.1 Å². The van der Waals surface area contributed by atoms with Crippen molar-refractivity contribution in [2.45, 2.75) is 0 Å². The van der Waals surface area contributed by atoms with Gasteiger partial charge in [0.1, 0.15) is 0 Å². The lowest BCUT2D eigenvalue weighted by Gasteiger charge is -2.33. The topological polar surface area (TPSA) is 19.4 Å². The second-order valence-electron chi connectivity index (χ2n) is 11.1. The lowest BCUT2D eigenvalue weighted by atomic mass is 10.2. The molecular weight excluding hydrogens is 508 g/mol. The van der Waals surface area contributed by atoms with Crippen molar-refractivity contribution in [3.8, 4) is 0 Å². The highest BCUT2D eigenvalue weighted by Gasteiger charge is 2.40. The third kappa shape index (κ3) is 5.54. The van der Waals surface area contributed by atoms with Gasteiger partial charge in [0.2, 0.25) is 7.38 Å². The molecule has 0 bridgehead atoms. The van der Waals surface area contributed by atoms with E-state index in [1.54, 1.807) is 0 Å². The molecule has 0 spiro atoms. The predicted octanol–water partition coefficient (Wildman–Crippen LogP) is 3.29. The summed E-state index contributed by atoms with van der Waals surface area (Å²) >= 11 is 8.08. The molecule has 38 heavy (non-hydrogen) atoms. The van der Waals surface area contributed by atoms with E-state index in [0.29, 0.717) is 0 Å². The van der Waals surface area contributed by atoms with Crippen molar-refractivity contribution >= 4 is 68.1 Å². The number of rotatable bonds is 9. The second kappa shape index (κ2) is 11.4. The van der Waals surface area contributed by atoms with E-state index in [0.717, 1.165) is 32.6 Å². The van der Waals surface area contributed by atoms with Crippen LogP contribution in [0.4, 0.5) is 34.1 Å². The predicted molar refractivity (Wildman–Crippen MR) is 176 cm³/mol. The van der Waals surface area contributed by atoms with Gasteiger partial charge in [0.15, 0.2) is 0 Å². The van der Waals surface area contributed by atoms with Gasteiger partial charge in [-0.2, -0.15) is 0 Å². The zero-order chi connectivity index (χ0) is 28.5. The van der Waals surface area contributed by atoms with Crippen LogP contribution in [-0.2, 0) is 0 Å². The molecule has 0 atom stereocenters. The van der Waals surface area contributed by atoms with Gasteiger partial charge >= 0.3 is 0 Å². The SMILES string of the molecule is CN(C)c1ccc([Si](Cl)(c2ccc(N(C)C)c(N(C)C)c2)c2ccc(N(C)C)c(N(C)C)c2)cc1N(C)C. The van der Waals surface area contributed by atoms with Crippen LogP contribution in [0.5, 0.6) is 0 Å². The summed E-state index contributed by atoms with van der Waals surface area (Å²) < 4.78 is 0. The summed E-state index contributed by atoms with van der Waals surface area (Å²) in [5.74, 6) is 0. The van der Waals surface area contributed by atoms with Crippen molar-refractivity contribution in [1.82, 2.24) is 0 Å². The average molecular weight is 553 g/mol. The molecule has 3 aromatic rings. The Morgan fingerprint density at radius 1 is 0.368 bits per heavy atom. The molecule has 0 aromatic heterocycles. The van der Waals surface area contributed by atoms with Crippen LogP contribution in [0.15, 0.2) is 54.6 Å². The van der Waals surface area contributed by atoms with E-state index in [1.807, 2.05) is 0 Å². The fourth-order valence-corrected chi connectivity index (χ4v) is 8.93. The van der Waals surface area contributed by atoms with Crippen LogP contribution in [0.25, 0.3) is 0 Å². The molecule has 0 unspecified atom stereocenters. The van der Waals surface area contributed by atoms with Crippen molar-refractivity contribution in [3.63, 3.8) is 0 Å². The maximum Gasteiger partial charge on any atom is 0.248 e. The molecule has 3 rings (SSSR count). The van der Waals surface area contributed by atoms with Gasteiger partial charge in [-0.15, -0.1) is 11.1 Å². The Labute approximate surface area is 236 Å². The van der Waals surface area contributed by atoms with Crippen LogP contribution in [-0.4, -0.2) is 92.0 Å². The molecule has 0 radical (unpaired) electrons. The third-order valence-corrected chi connectivity index (χ3v) is 12.3. The molecule has 8 heteroatoms. The Morgan fingerprint density at radius 3 is 0.763 bits per heavy atom. The first kappa shape index (κ1) is 29.5. The van der Waals surface area contributed by atoms with E-state index in [1.165, 1.54) is 17.1 Å². The summed E-state index contributed by atoms with van der Waals surface area (Å²) in [6.45, 7) is 0. The van der Waals surface area contributed by atoms with Gasteiger partial charge in [0.25, 0.3) is 0 Å². The van der Waals surface area contributed by atoms with E-state index in [4.69, 9.17) is 11.1 Å². The zero-order valence-corrected chi connectivity index (χ0v) is 27.0. The lowest BCUT2D eigenvalue weighted by molar-refractivity contribution is 1.08. The fourth-order valence-electron chi connectivity index (χ4n) is 4.92. The molecule has 0 aliphatic rings. The normalized spacial score (nSPS) is 11.3. The molecule has 0 saturated carbocycles. The Kier molecular flexibility index (Phi) is 8.84. The first-order valence-corrected chi connectivity index (χ1v) is 15.9. The van der Waals surface area contributed by atoms with Crippen molar-refractivity contribution in [3.05, 3.63) is 54.6 Å². The van der Waals surface area contributed by atoms with Gasteiger partial charge in [-0.3, -0.25) is 0 Å². The first-order chi connectivity index (χ1) is 17.7. The Bertz CT molecular complexity index is 1120. The van der Waals surface area contributed by atoms with Crippen LogP contribution in [0.1, 0.15) is 0 Å². The van der Waals surface area contributed by atoms with Gasteiger partial charge in [-0.05, 0) is 52.0 Å². The molecule has 0 aliphatic carbocycles. The number of anilines is 6. The Balaban J connectivity index is 2.42. The molecule has 0 amide bonds. The lowest BCUT2D eigenvalue weighted by Crippen LogP contribution is -2.63. The van der Waals surface area contributed by atoms with Crippen molar-refractivity contribution in [1.29, 1.82) is 0 Å². The van der Waals surface area contributed by atoms with E-state index in [9.17, 15) is 0 Å². The Morgan fingerprint density at radius 2 is 0.579 bits per heavy atom. The molecule has 0 N–H and O–H groups in total. The van der Waals surface area contributed by atoms with Crippen LogP contribution < -0.4 is 45.0 Å². The maximum absolute atomic E-state index is 8.08. The molecule has 206 valence electrons. The standard InChI is InChI=1S/C30H45ClN6Si/c1-32(2)25-16-13-22(19-28(25)35(7)8)38(31,23-14-17-26(33(3)4)29(20-23)36(9)10)24-15-18-27(34(5)6)30(21-24)37(11)12/h13-21H,1-12H3. The summed E-state index contributed by atoms with van der Waals surface area (Å²) in [6.07, 6.45) is 0. The van der Waals surface area contributed by atoms with Gasteiger partial charge in [0, 0.05) is 84.6 Å². The van der Waals surface area contributed by atoms with E-state index >= 15 is 0 Å². The van der Waals surface area contributed by atoms with E-state index < -0.39 is 7.38 Å². The van der Waals surface area contributed by atoms with Crippen molar-refractivity contribution in [2.24, 2.45) is 0 Å². The average Bonchev–Trinajstić information content (AvgIpc) is 2.86. The van der Waals surface area contributed by atoms with Crippen LogP contribution >= 0.6 is 11.1 Å². The summed E-state index contributed by atoms with van der Waals surface area (Å²) in [5.41, 5.74) is 6.96. The van der Waals surface area contributed by atoms with Gasteiger partial charge in [-0.25, -0.2) is 0 Å². The van der Waals surface area contributed by atoms with Crippen LogP contribution in [0.3, 0.4) is 0 Å². The number of halogens is 1. The first-order valence-electron chi connectivity index (χ1n) is 12.9. The number of nitrogens with zero attached hydrogens (tertiary/aromatic N) is 6. The number of benzene rings is 3. The molecule has 0 heterocycles. The smallest absolute Gasteiger partial charge is 0.248 e. The quantitative estimate of drug-likeness (QED) is 0.229. The minimum absolute atomic E-state index is 1.15. The molecular formula is C30H45ClN6Si. The van der Waals surface area contributed by atoms with Gasteiger partial charge < -0.3 is 29.4 Å². The van der Waals surface area contributed by atoms with Crippen LogP contribution in [0.2, 0.25) is 0 Å². The zero-order valence-electron chi connectivity index (χ0n) is 25.3. The number of hydrogen-bond acceptors (Lipinski definition) is 6. The summed E-state index contributed by atoms with van der Waals surface area (Å²) in [4.78, 5) is 13.0. The highest BCUT2D eigenvalue weighted by atomic mass is 35.6. The van der Waals surface area contributed by atoms with Gasteiger partial charge in [-0.1, -0.05) is 18.2 Å². The number of hydrogen-bond donors (Lipinski definition) is 0. The molecule has 6 nitrogen and oxygen atoms in total. The molecule has 3 aromatic carbocycles. The minimum Gasteiger partial charge on any atom is -0.376 e. The highest BCUT2D eigenvalue weighted by Crippen LogP contribution is 2.31. The third-order valence-electron chi connectivity index (χ3n) is 7.01. The Hall–Kier alpha value is -3.03. The fraction of sp³-hybridized carbons (Fsp3) is 0.400. The summed E-state index contributed by atoms with van der Waals surface area (Å²) in [5, 5.41) is 3.49. The van der Waals surface area contributed by atoms with E-state index in [2.05, 4.69) is 169 Å². The van der Waals surface area contributed by atoms with Crippen molar-refractivity contribution < 1.29 is 0 Å². The second-order valence-corrected chi connectivity index (χ2v) is 15.9. The monoisotopic (exact) mass is 552 g/mol. The summed E-state index contributed by atoms with van der Waals surface area (Å²) in [7, 11) is 22.1. The maximum atomic E-state index is 8.08. The molecule has 0 saturated heterocycles. The molecule has 0 fully saturated rings. The highest BCUT2D eigenvalue weighted by molar-refractivity contribution is 7.40. The van der Waals surface area contributed by atoms with Crippen LogP contribution in [0, 0.1) is 0 Å². The van der Waals surface area contributed by atoms with E-state index in [-0.39, 0.29) is 0 Å². The molecule has 0 aliphatic heterocycles. The largest absolute Gasteiger partial charge is 0.376 e. The van der Waals surface area contributed by atoms with Crippen molar-refractivity contribution in [2.75, 3.05) is 114 Å². The summed E-state index contributed by atoms with van der Waals surface area (Å²) in [6, 6.07) is 20.2.